The van der Waals surface area contributed by atoms with E-state index in [1.807, 2.05) is 0 Å². The molecule has 3 nitrogen and oxygen atoms in total. The number of hydrogen-bond donors (Lipinski definition) is 1. The maximum absolute atomic E-state index is 11.6. The van der Waals surface area contributed by atoms with Crippen LogP contribution >= 0.6 is 0 Å². The van der Waals surface area contributed by atoms with Crippen LogP contribution in [-0.4, -0.2) is 10.5 Å². The van der Waals surface area contributed by atoms with Crippen molar-refractivity contribution in [3.63, 3.8) is 0 Å². The van der Waals surface area contributed by atoms with Gasteiger partial charge in [-0.15, -0.1) is 0 Å². The summed E-state index contributed by atoms with van der Waals surface area (Å²) in [5, 5.41) is 3.03. The van der Waals surface area contributed by atoms with Gasteiger partial charge in [-0.3, -0.25) is 4.79 Å². The fourth-order valence-electron chi connectivity index (χ4n) is 2.49. The second kappa shape index (κ2) is 4.55. The Morgan fingerprint density at radius 3 is 2.59 bits per heavy atom. The van der Waals surface area contributed by atoms with Gasteiger partial charge in [0.1, 0.15) is 0 Å². The van der Waals surface area contributed by atoms with Gasteiger partial charge in [0.2, 0.25) is 5.91 Å². The Labute approximate surface area is 103 Å². The van der Waals surface area contributed by atoms with Crippen LogP contribution in [0, 0.1) is 19.8 Å². The third-order valence-electron chi connectivity index (χ3n) is 3.51. The molecule has 1 aliphatic rings. The summed E-state index contributed by atoms with van der Waals surface area (Å²) in [5.41, 5.74) is 3.78. The van der Waals surface area contributed by atoms with Crippen LogP contribution in [0.25, 0.3) is 0 Å². The van der Waals surface area contributed by atoms with Gasteiger partial charge in [-0.05, 0) is 52.2 Å². The Morgan fingerprint density at radius 2 is 2.12 bits per heavy atom. The number of rotatable bonds is 4. The van der Waals surface area contributed by atoms with Crippen molar-refractivity contribution >= 4 is 5.91 Å². The van der Waals surface area contributed by atoms with Crippen LogP contribution in [0.2, 0.25) is 0 Å². The summed E-state index contributed by atoms with van der Waals surface area (Å²) in [6.07, 6.45) is 2.13. The van der Waals surface area contributed by atoms with E-state index in [0.29, 0.717) is 18.5 Å². The lowest BCUT2D eigenvalue weighted by atomic mass is 10.2. The lowest BCUT2D eigenvalue weighted by molar-refractivity contribution is -0.122. The van der Waals surface area contributed by atoms with Gasteiger partial charge in [0.05, 0.1) is 0 Å². The first-order valence-corrected chi connectivity index (χ1v) is 6.45. The molecule has 0 atom stereocenters. The minimum Gasteiger partial charge on any atom is -0.352 e. The molecule has 94 valence electrons. The zero-order valence-electron chi connectivity index (χ0n) is 11.2. The zero-order valence-corrected chi connectivity index (χ0v) is 11.2. The Kier molecular flexibility index (Phi) is 3.27. The molecule has 0 bridgehead atoms. The molecule has 3 heteroatoms. The van der Waals surface area contributed by atoms with Gasteiger partial charge in [0, 0.05) is 29.9 Å². The number of aromatic nitrogens is 1. The predicted molar refractivity (Wildman–Crippen MR) is 68.9 cm³/mol. The van der Waals surface area contributed by atoms with Crippen molar-refractivity contribution in [1.82, 2.24) is 9.88 Å². The van der Waals surface area contributed by atoms with Crippen LogP contribution in [0.15, 0.2) is 6.07 Å². The lowest BCUT2D eigenvalue weighted by Crippen LogP contribution is -2.24. The zero-order chi connectivity index (χ0) is 12.6. The molecule has 1 amide bonds. The number of aryl methyl sites for hydroxylation is 1. The highest BCUT2D eigenvalue weighted by atomic mass is 16.2. The van der Waals surface area contributed by atoms with Crippen molar-refractivity contribution in [3.05, 3.63) is 23.0 Å². The normalized spacial score (nSPS) is 15.4. The van der Waals surface area contributed by atoms with Crippen LogP contribution in [0.3, 0.4) is 0 Å². The minimum atomic E-state index is 0.222. The first-order valence-electron chi connectivity index (χ1n) is 6.45. The Bertz CT molecular complexity index is 428. The van der Waals surface area contributed by atoms with Crippen molar-refractivity contribution in [2.45, 2.75) is 53.1 Å². The number of nitrogens with zero attached hydrogens (tertiary/aromatic N) is 1. The van der Waals surface area contributed by atoms with E-state index >= 15 is 0 Å². The average molecular weight is 234 g/mol. The first-order chi connectivity index (χ1) is 8.00. The van der Waals surface area contributed by atoms with Crippen LogP contribution in [0.4, 0.5) is 0 Å². The summed E-state index contributed by atoms with van der Waals surface area (Å²) < 4.78 is 2.32. The van der Waals surface area contributed by atoms with Crippen molar-refractivity contribution in [2.75, 3.05) is 0 Å². The molecule has 1 saturated carbocycles. The molecule has 0 aliphatic heterocycles. The van der Waals surface area contributed by atoms with E-state index in [9.17, 15) is 4.79 Å². The number of nitrogens with one attached hydrogen (secondary N) is 1. The van der Waals surface area contributed by atoms with E-state index in [-0.39, 0.29) is 5.91 Å². The molecular weight excluding hydrogens is 212 g/mol. The number of carbonyl (C=O) groups is 1. The Balaban J connectivity index is 2.05. The van der Waals surface area contributed by atoms with E-state index in [0.717, 1.165) is 12.8 Å². The van der Waals surface area contributed by atoms with Gasteiger partial charge < -0.3 is 9.88 Å². The predicted octanol–water partition coefficient (Wildman–Crippen LogP) is 2.71. The van der Waals surface area contributed by atoms with Gasteiger partial charge in [0.15, 0.2) is 0 Å². The van der Waals surface area contributed by atoms with Crippen molar-refractivity contribution in [2.24, 2.45) is 5.92 Å². The average Bonchev–Trinajstić information content (AvgIpc) is 3.02. The smallest absolute Gasteiger partial charge is 0.223 e. The molecular formula is C14H22N2O. The highest BCUT2D eigenvalue weighted by Crippen LogP contribution is 2.29. The van der Waals surface area contributed by atoms with E-state index in [2.05, 4.69) is 43.6 Å². The third kappa shape index (κ3) is 2.54. The van der Waals surface area contributed by atoms with Crippen LogP contribution < -0.4 is 5.32 Å². The Hall–Kier alpha value is -1.25. The quantitative estimate of drug-likeness (QED) is 0.854. The molecule has 1 aromatic rings. The molecule has 0 saturated heterocycles. The van der Waals surface area contributed by atoms with Crippen LogP contribution in [-0.2, 0) is 11.3 Å². The second-order valence-corrected chi connectivity index (χ2v) is 5.35. The molecule has 1 N–H and O–H groups in total. The van der Waals surface area contributed by atoms with E-state index in [1.165, 1.54) is 17.0 Å². The summed E-state index contributed by atoms with van der Waals surface area (Å²) in [5.74, 6) is 0.517. The third-order valence-corrected chi connectivity index (χ3v) is 3.51. The van der Waals surface area contributed by atoms with Crippen molar-refractivity contribution < 1.29 is 4.79 Å². The van der Waals surface area contributed by atoms with Gasteiger partial charge >= 0.3 is 0 Å². The van der Waals surface area contributed by atoms with Crippen LogP contribution in [0.1, 0.15) is 49.7 Å². The maximum Gasteiger partial charge on any atom is 0.223 e. The Morgan fingerprint density at radius 1 is 1.47 bits per heavy atom. The molecule has 17 heavy (non-hydrogen) atoms. The van der Waals surface area contributed by atoms with Gasteiger partial charge in [-0.2, -0.15) is 0 Å². The number of hydrogen-bond acceptors (Lipinski definition) is 1. The molecule has 1 heterocycles. The van der Waals surface area contributed by atoms with Crippen molar-refractivity contribution in [1.29, 1.82) is 0 Å². The van der Waals surface area contributed by atoms with Crippen LogP contribution in [0.5, 0.6) is 0 Å². The number of carbonyl (C=O) groups excluding carboxylic acids is 1. The highest BCUT2D eigenvalue weighted by molar-refractivity contribution is 5.80. The summed E-state index contributed by atoms with van der Waals surface area (Å²) in [6.45, 7) is 9.30. The molecule has 1 aromatic heterocycles. The molecule has 1 aliphatic carbocycles. The standard InChI is InChI=1S/C14H22N2O/c1-9(2)16-10(3)7-13(11(16)4)8-15-14(17)12-5-6-12/h7,9,12H,5-6,8H2,1-4H3,(H,15,17). The lowest BCUT2D eigenvalue weighted by Gasteiger charge is -2.14. The summed E-state index contributed by atoms with van der Waals surface area (Å²) in [7, 11) is 0. The summed E-state index contributed by atoms with van der Waals surface area (Å²) in [6, 6.07) is 2.66. The van der Waals surface area contributed by atoms with Gasteiger partial charge in [-0.1, -0.05) is 0 Å². The van der Waals surface area contributed by atoms with Crippen molar-refractivity contribution in [3.8, 4) is 0 Å². The van der Waals surface area contributed by atoms with Gasteiger partial charge in [-0.25, -0.2) is 0 Å². The van der Waals surface area contributed by atoms with E-state index < -0.39 is 0 Å². The number of amides is 1. The first kappa shape index (κ1) is 12.2. The molecule has 2 rings (SSSR count). The summed E-state index contributed by atoms with van der Waals surface area (Å²) in [4.78, 5) is 11.6. The molecule has 0 aromatic carbocycles. The largest absolute Gasteiger partial charge is 0.352 e. The van der Waals surface area contributed by atoms with E-state index in [4.69, 9.17) is 0 Å². The maximum atomic E-state index is 11.6. The van der Waals surface area contributed by atoms with Gasteiger partial charge in [0.25, 0.3) is 0 Å². The molecule has 0 spiro atoms. The fourth-order valence-corrected chi connectivity index (χ4v) is 2.49. The molecule has 1 fully saturated rings. The second-order valence-electron chi connectivity index (χ2n) is 5.35. The monoisotopic (exact) mass is 234 g/mol. The van der Waals surface area contributed by atoms with E-state index in [1.54, 1.807) is 0 Å². The topological polar surface area (TPSA) is 34.0 Å². The molecule has 0 radical (unpaired) electrons. The highest BCUT2D eigenvalue weighted by Gasteiger charge is 2.29. The molecule has 0 unspecified atom stereocenters. The fraction of sp³-hybridized carbons (Fsp3) is 0.643. The minimum absolute atomic E-state index is 0.222. The SMILES string of the molecule is Cc1cc(CNC(=O)C2CC2)c(C)n1C(C)C. The summed E-state index contributed by atoms with van der Waals surface area (Å²) >= 11 is 0.